The third kappa shape index (κ3) is 5.14. The van der Waals surface area contributed by atoms with Gasteiger partial charge in [0.25, 0.3) is 5.91 Å². The summed E-state index contributed by atoms with van der Waals surface area (Å²) < 4.78 is 38.0. The summed E-state index contributed by atoms with van der Waals surface area (Å²) in [6.45, 7) is 5.97. The summed E-state index contributed by atoms with van der Waals surface area (Å²) in [5.74, 6) is 0.455. The van der Waals surface area contributed by atoms with Crippen LogP contribution >= 0.6 is 0 Å². The minimum Gasteiger partial charge on any atom is -0.494 e. The largest absolute Gasteiger partial charge is 0.494 e. The molecule has 7 nitrogen and oxygen atoms in total. The molecule has 0 saturated carbocycles. The highest BCUT2D eigenvalue weighted by Gasteiger charge is 2.28. The monoisotopic (exact) mass is 418 g/mol. The van der Waals surface area contributed by atoms with E-state index in [9.17, 15) is 13.2 Å². The van der Waals surface area contributed by atoms with Crippen LogP contribution in [0.15, 0.2) is 47.4 Å². The van der Waals surface area contributed by atoms with Gasteiger partial charge in [-0.1, -0.05) is 18.2 Å². The van der Waals surface area contributed by atoms with Gasteiger partial charge in [0, 0.05) is 25.2 Å². The lowest BCUT2D eigenvalue weighted by atomic mass is 10.1. The third-order valence-corrected chi connectivity index (χ3v) is 6.77. The van der Waals surface area contributed by atoms with Gasteiger partial charge in [-0.15, -0.1) is 0 Å². The van der Waals surface area contributed by atoms with E-state index < -0.39 is 10.0 Å². The normalized spacial score (nSPS) is 15.1. The van der Waals surface area contributed by atoms with Gasteiger partial charge in [0.2, 0.25) is 10.0 Å². The molecular formula is C21H26N2O5S. The maximum atomic E-state index is 13.0. The number of aryl methyl sites for hydroxylation is 1. The van der Waals surface area contributed by atoms with Gasteiger partial charge in [0.15, 0.2) is 0 Å². The van der Waals surface area contributed by atoms with E-state index in [1.807, 2.05) is 31.2 Å². The molecule has 2 aromatic rings. The number of rotatable bonds is 7. The Labute approximate surface area is 171 Å². The van der Waals surface area contributed by atoms with Crippen molar-refractivity contribution in [3.63, 3.8) is 0 Å². The molecule has 1 N–H and O–H groups in total. The van der Waals surface area contributed by atoms with Crippen molar-refractivity contribution < 1.29 is 22.7 Å². The van der Waals surface area contributed by atoms with Crippen LogP contribution in [0.5, 0.6) is 5.75 Å². The van der Waals surface area contributed by atoms with Crippen molar-refractivity contribution in [1.29, 1.82) is 0 Å². The van der Waals surface area contributed by atoms with Crippen LogP contribution in [-0.4, -0.2) is 51.5 Å². The predicted molar refractivity (Wildman–Crippen MR) is 110 cm³/mol. The Morgan fingerprint density at radius 1 is 1.14 bits per heavy atom. The molecule has 2 aromatic carbocycles. The molecular weight excluding hydrogens is 392 g/mol. The fraction of sp³-hybridized carbons (Fsp3) is 0.381. The van der Waals surface area contributed by atoms with E-state index in [1.54, 1.807) is 19.1 Å². The molecule has 156 valence electrons. The molecule has 1 saturated heterocycles. The lowest BCUT2D eigenvalue weighted by molar-refractivity contribution is 0.0730. The molecule has 1 aliphatic rings. The van der Waals surface area contributed by atoms with Crippen molar-refractivity contribution in [2.45, 2.75) is 25.3 Å². The first-order valence-electron chi connectivity index (χ1n) is 9.60. The quantitative estimate of drug-likeness (QED) is 0.746. The zero-order valence-electron chi connectivity index (χ0n) is 16.7. The average molecular weight is 419 g/mol. The highest BCUT2D eigenvalue weighted by molar-refractivity contribution is 7.89. The molecule has 0 aromatic heterocycles. The van der Waals surface area contributed by atoms with Crippen molar-refractivity contribution >= 4 is 15.9 Å². The number of hydrogen-bond acceptors (Lipinski definition) is 5. The Balaban J connectivity index is 1.72. The summed E-state index contributed by atoms with van der Waals surface area (Å²) in [4.78, 5) is 12.8. The summed E-state index contributed by atoms with van der Waals surface area (Å²) in [7, 11) is -3.67. The van der Waals surface area contributed by atoms with Crippen molar-refractivity contribution in [1.82, 2.24) is 9.62 Å². The lowest BCUT2D eigenvalue weighted by Gasteiger charge is -2.26. The maximum Gasteiger partial charge on any atom is 0.251 e. The van der Waals surface area contributed by atoms with E-state index in [-0.39, 0.29) is 10.8 Å². The van der Waals surface area contributed by atoms with Gasteiger partial charge >= 0.3 is 0 Å². The third-order valence-electron chi connectivity index (χ3n) is 4.73. The van der Waals surface area contributed by atoms with E-state index in [0.29, 0.717) is 50.6 Å². The van der Waals surface area contributed by atoms with Crippen molar-refractivity contribution in [3.8, 4) is 5.75 Å². The molecule has 0 bridgehead atoms. The van der Waals surface area contributed by atoms with Gasteiger partial charge in [0.1, 0.15) is 5.75 Å². The standard InChI is InChI=1S/C21H26N2O5S/c1-3-28-19-8-5-17(6-9-19)15-22-21(24)18-7-4-16(2)20(14-18)29(25,26)23-10-12-27-13-11-23/h4-9,14H,3,10-13,15H2,1-2H3,(H,22,24). The molecule has 3 rings (SSSR count). The highest BCUT2D eigenvalue weighted by Crippen LogP contribution is 2.22. The van der Waals surface area contributed by atoms with E-state index in [0.717, 1.165) is 11.3 Å². The van der Waals surface area contributed by atoms with Crippen LogP contribution in [0.25, 0.3) is 0 Å². The Kier molecular flexibility index (Phi) is 6.89. The minimum atomic E-state index is -3.67. The smallest absolute Gasteiger partial charge is 0.251 e. The molecule has 0 unspecified atom stereocenters. The van der Waals surface area contributed by atoms with Gasteiger partial charge < -0.3 is 14.8 Å². The summed E-state index contributed by atoms with van der Waals surface area (Å²) >= 11 is 0. The van der Waals surface area contributed by atoms with Gasteiger partial charge in [-0.3, -0.25) is 4.79 Å². The SMILES string of the molecule is CCOc1ccc(CNC(=O)c2ccc(C)c(S(=O)(=O)N3CCOCC3)c2)cc1. The zero-order valence-corrected chi connectivity index (χ0v) is 17.5. The lowest BCUT2D eigenvalue weighted by Crippen LogP contribution is -2.41. The zero-order chi connectivity index (χ0) is 20.9. The number of carbonyl (C=O) groups is 1. The van der Waals surface area contributed by atoms with Gasteiger partial charge in [-0.2, -0.15) is 4.31 Å². The molecule has 1 heterocycles. The Hall–Kier alpha value is -2.42. The number of benzene rings is 2. The van der Waals surface area contributed by atoms with Gasteiger partial charge in [0.05, 0.1) is 24.7 Å². The fourth-order valence-electron chi connectivity index (χ4n) is 3.10. The molecule has 1 aliphatic heterocycles. The number of amides is 1. The van der Waals surface area contributed by atoms with Crippen LogP contribution in [0.1, 0.15) is 28.4 Å². The highest BCUT2D eigenvalue weighted by atomic mass is 32.2. The Morgan fingerprint density at radius 2 is 1.83 bits per heavy atom. The predicted octanol–water partition coefficient (Wildman–Crippen LogP) is 2.34. The Morgan fingerprint density at radius 3 is 2.48 bits per heavy atom. The summed E-state index contributed by atoms with van der Waals surface area (Å²) in [5.41, 5.74) is 1.85. The average Bonchev–Trinajstić information content (AvgIpc) is 2.74. The van der Waals surface area contributed by atoms with Crippen molar-refractivity contribution in [2.75, 3.05) is 32.9 Å². The molecule has 29 heavy (non-hydrogen) atoms. The summed E-state index contributed by atoms with van der Waals surface area (Å²) in [6.07, 6.45) is 0. The molecule has 8 heteroatoms. The van der Waals surface area contributed by atoms with E-state index in [1.165, 1.54) is 10.4 Å². The van der Waals surface area contributed by atoms with Gasteiger partial charge in [-0.25, -0.2) is 8.42 Å². The topological polar surface area (TPSA) is 84.9 Å². The van der Waals surface area contributed by atoms with E-state index >= 15 is 0 Å². The second-order valence-electron chi connectivity index (χ2n) is 6.76. The fourth-order valence-corrected chi connectivity index (χ4v) is 4.76. The van der Waals surface area contributed by atoms with Crippen LogP contribution in [-0.2, 0) is 21.3 Å². The van der Waals surface area contributed by atoms with E-state index in [2.05, 4.69) is 5.32 Å². The van der Waals surface area contributed by atoms with Crippen LogP contribution in [0, 0.1) is 6.92 Å². The van der Waals surface area contributed by atoms with Crippen LogP contribution in [0.3, 0.4) is 0 Å². The minimum absolute atomic E-state index is 0.160. The molecule has 1 amide bonds. The van der Waals surface area contributed by atoms with Crippen LogP contribution in [0.4, 0.5) is 0 Å². The second kappa shape index (κ2) is 9.39. The van der Waals surface area contributed by atoms with Gasteiger partial charge in [-0.05, 0) is 49.2 Å². The first-order chi connectivity index (χ1) is 13.9. The number of morpholine rings is 1. The number of hydrogen-bond donors (Lipinski definition) is 1. The summed E-state index contributed by atoms with van der Waals surface area (Å²) in [6, 6.07) is 12.2. The summed E-state index contributed by atoms with van der Waals surface area (Å²) in [5, 5.41) is 2.84. The number of ether oxygens (including phenoxy) is 2. The molecule has 0 spiro atoms. The first-order valence-corrected chi connectivity index (χ1v) is 11.0. The number of carbonyl (C=O) groups excluding carboxylic acids is 1. The molecule has 0 radical (unpaired) electrons. The first kappa shape index (κ1) is 21.3. The van der Waals surface area contributed by atoms with Crippen molar-refractivity contribution in [3.05, 3.63) is 59.2 Å². The van der Waals surface area contributed by atoms with Crippen LogP contribution in [0.2, 0.25) is 0 Å². The number of sulfonamides is 1. The molecule has 1 fully saturated rings. The number of nitrogens with one attached hydrogen (secondary N) is 1. The van der Waals surface area contributed by atoms with Crippen LogP contribution < -0.4 is 10.1 Å². The Bertz CT molecular complexity index is 952. The van der Waals surface area contributed by atoms with E-state index in [4.69, 9.17) is 9.47 Å². The molecule has 0 aliphatic carbocycles. The van der Waals surface area contributed by atoms with Crippen molar-refractivity contribution in [2.24, 2.45) is 0 Å². The number of nitrogens with zero attached hydrogens (tertiary/aromatic N) is 1. The maximum absolute atomic E-state index is 13.0. The second-order valence-corrected chi connectivity index (χ2v) is 8.66. The molecule has 0 atom stereocenters.